The Bertz CT molecular complexity index is 577. The lowest BCUT2D eigenvalue weighted by Crippen LogP contribution is -2.27. The van der Waals surface area contributed by atoms with E-state index in [-0.39, 0.29) is 36.5 Å². The Hall–Kier alpha value is -1.90. The van der Waals surface area contributed by atoms with Crippen molar-refractivity contribution in [3.8, 4) is 11.8 Å². The fourth-order valence-electron chi connectivity index (χ4n) is 2.22. The molecular formula is C16H18FNO3. The molecule has 1 aliphatic heterocycles. The molecule has 1 fully saturated rings. The number of rotatable bonds is 3. The summed E-state index contributed by atoms with van der Waals surface area (Å²) in [4.78, 5) is 12.1. The zero-order chi connectivity index (χ0) is 15.2. The molecule has 0 aromatic heterocycles. The van der Waals surface area contributed by atoms with E-state index in [1.165, 1.54) is 18.2 Å². The SMILES string of the molecule is CC1OCCC1C(=O)Nc1ccc(F)c(C#CCCO)c1. The number of hydrogen-bond donors (Lipinski definition) is 2. The fraction of sp³-hybridized carbons (Fsp3) is 0.438. The standard InChI is InChI=1S/C16H18FNO3/c1-11-14(7-9-21-11)16(20)18-13-5-6-15(17)12(10-13)4-2-3-8-19/h5-6,10-11,14,19H,3,7-9H2,1H3,(H,18,20). The van der Waals surface area contributed by atoms with Crippen LogP contribution in [-0.2, 0) is 9.53 Å². The predicted octanol–water partition coefficient (Wildman–Crippen LogP) is 1.92. The number of aliphatic hydroxyl groups excluding tert-OH is 1. The number of aliphatic hydroxyl groups is 1. The Labute approximate surface area is 123 Å². The molecule has 2 rings (SSSR count). The molecule has 1 amide bonds. The van der Waals surface area contributed by atoms with Crippen LogP contribution in [0.25, 0.3) is 0 Å². The average Bonchev–Trinajstić information content (AvgIpc) is 2.89. The van der Waals surface area contributed by atoms with Gasteiger partial charge in [-0.05, 0) is 31.5 Å². The second kappa shape index (κ2) is 7.21. The summed E-state index contributed by atoms with van der Waals surface area (Å²) in [5.41, 5.74) is 0.714. The maximum atomic E-state index is 13.6. The van der Waals surface area contributed by atoms with Crippen LogP contribution >= 0.6 is 0 Å². The number of ether oxygens (including phenoxy) is 1. The van der Waals surface area contributed by atoms with E-state index in [2.05, 4.69) is 17.2 Å². The minimum atomic E-state index is -0.448. The molecule has 4 nitrogen and oxygen atoms in total. The van der Waals surface area contributed by atoms with Gasteiger partial charge in [-0.25, -0.2) is 4.39 Å². The maximum absolute atomic E-state index is 13.6. The van der Waals surface area contributed by atoms with Crippen LogP contribution in [0.4, 0.5) is 10.1 Å². The molecule has 1 saturated heterocycles. The molecule has 0 aliphatic carbocycles. The molecule has 0 spiro atoms. The summed E-state index contributed by atoms with van der Waals surface area (Å²) in [6.45, 7) is 2.39. The summed E-state index contributed by atoms with van der Waals surface area (Å²) in [6.07, 6.45) is 0.874. The van der Waals surface area contributed by atoms with Gasteiger partial charge >= 0.3 is 0 Å². The van der Waals surface area contributed by atoms with Gasteiger partial charge in [-0.2, -0.15) is 0 Å². The first-order valence-electron chi connectivity index (χ1n) is 6.93. The minimum absolute atomic E-state index is 0.0649. The highest BCUT2D eigenvalue weighted by atomic mass is 19.1. The van der Waals surface area contributed by atoms with Gasteiger partial charge in [0.1, 0.15) is 5.82 Å². The first-order valence-corrected chi connectivity index (χ1v) is 6.93. The Morgan fingerprint density at radius 2 is 2.38 bits per heavy atom. The third-order valence-electron chi connectivity index (χ3n) is 3.41. The van der Waals surface area contributed by atoms with E-state index in [1.807, 2.05) is 6.92 Å². The second-order valence-corrected chi connectivity index (χ2v) is 4.93. The van der Waals surface area contributed by atoms with Gasteiger partial charge < -0.3 is 15.2 Å². The van der Waals surface area contributed by atoms with Crippen LogP contribution in [0.1, 0.15) is 25.3 Å². The Balaban J connectivity index is 2.08. The molecule has 1 aromatic carbocycles. The van der Waals surface area contributed by atoms with E-state index in [0.717, 1.165) is 0 Å². The van der Waals surface area contributed by atoms with Gasteiger partial charge in [0.2, 0.25) is 5.91 Å². The highest BCUT2D eigenvalue weighted by Crippen LogP contribution is 2.23. The molecule has 1 aromatic rings. The number of halogens is 1. The predicted molar refractivity (Wildman–Crippen MR) is 77.1 cm³/mol. The van der Waals surface area contributed by atoms with E-state index in [4.69, 9.17) is 9.84 Å². The van der Waals surface area contributed by atoms with E-state index in [9.17, 15) is 9.18 Å². The topological polar surface area (TPSA) is 58.6 Å². The number of amides is 1. The molecule has 0 bridgehead atoms. The molecule has 1 heterocycles. The Kier molecular flexibility index (Phi) is 5.32. The number of hydrogen-bond acceptors (Lipinski definition) is 3. The molecular weight excluding hydrogens is 273 g/mol. The van der Waals surface area contributed by atoms with E-state index in [0.29, 0.717) is 18.7 Å². The quantitative estimate of drug-likeness (QED) is 0.837. The van der Waals surface area contributed by atoms with Crippen molar-refractivity contribution >= 4 is 11.6 Å². The molecule has 112 valence electrons. The van der Waals surface area contributed by atoms with E-state index in [1.54, 1.807) is 0 Å². The highest BCUT2D eigenvalue weighted by molar-refractivity contribution is 5.93. The van der Waals surface area contributed by atoms with Crippen LogP contribution < -0.4 is 5.32 Å². The van der Waals surface area contributed by atoms with Gasteiger partial charge in [-0.3, -0.25) is 4.79 Å². The average molecular weight is 291 g/mol. The van der Waals surface area contributed by atoms with Crippen LogP contribution in [0, 0.1) is 23.6 Å². The summed E-state index contributed by atoms with van der Waals surface area (Å²) < 4.78 is 19.0. The van der Waals surface area contributed by atoms with Gasteiger partial charge in [-0.15, -0.1) is 0 Å². The van der Waals surface area contributed by atoms with Crippen LogP contribution in [0.3, 0.4) is 0 Å². The maximum Gasteiger partial charge on any atom is 0.230 e. The zero-order valence-corrected chi connectivity index (χ0v) is 11.9. The second-order valence-electron chi connectivity index (χ2n) is 4.93. The number of anilines is 1. The van der Waals surface area contributed by atoms with Crippen molar-refractivity contribution in [1.29, 1.82) is 0 Å². The lowest BCUT2D eigenvalue weighted by molar-refractivity contribution is -0.121. The molecule has 21 heavy (non-hydrogen) atoms. The number of nitrogens with one attached hydrogen (secondary N) is 1. The fourth-order valence-corrected chi connectivity index (χ4v) is 2.22. The van der Waals surface area contributed by atoms with Crippen molar-refractivity contribution < 1.29 is 19.0 Å². The van der Waals surface area contributed by atoms with Crippen LogP contribution in [0.15, 0.2) is 18.2 Å². The van der Waals surface area contributed by atoms with Crippen molar-refractivity contribution in [3.63, 3.8) is 0 Å². The molecule has 0 radical (unpaired) electrons. The smallest absolute Gasteiger partial charge is 0.230 e. The van der Waals surface area contributed by atoms with Gasteiger partial charge in [0.25, 0.3) is 0 Å². The number of benzene rings is 1. The summed E-state index contributed by atoms with van der Waals surface area (Å²) in [7, 11) is 0. The Morgan fingerprint density at radius 1 is 1.57 bits per heavy atom. The first-order chi connectivity index (χ1) is 10.1. The number of carbonyl (C=O) groups is 1. The van der Waals surface area contributed by atoms with Gasteiger partial charge in [-0.1, -0.05) is 11.8 Å². The highest BCUT2D eigenvalue weighted by Gasteiger charge is 2.30. The van der Waals surface area contributed by atoms with Crippen LogP contribution in [0.5, 0.6) is 0 Å². The number of carbonyl (C=O) groups excluding carboxylic acids is 1. The molecule has 2 unspecified atom stereocenters. The molecule has 1 aliphatic rings. The lowest BCUT2D eigenvalue weighted by atomic mass is 10.0. The normalized spacial score (nSPS) is 20.7. The molecule has 0 saturated carbocycles. The minimum Gasteiger partial charge on any atom is -0.395 e. The lowest BCUT2D eigenvalue weighted by Gasteiger charge is -2.14. The van der Waals surface area contributed by atoms with Crippen molar-refractivity contribution in [2.24, 2.45) is 5.92 Å². The monoisotopic (exact) mass is 291 g/mol. The van der Waals surface area contributed by atoms with Crippen molar-refractivity contribution in [2.75, 3.05) is 18.5 Å². The summed E-state index contributed by atoms with van der Waals surface area (Å²) in [5.74, 6) is 4.55. The van der Waals surface area contributed by atoms with Crippen molar-refractivity contribution in [1.82, 2.24) is 0 Å². The van der Waals surface area contributed by atoms with Crippen LogP contribution in [-0.4, -0.2) is 30.3 Å². The summed E-state index contributed by atoms with van der Waals surface area (Å²) in [5, 5.41) is 11.4. The van der Waals surface area contributed by atoms with Gasteiger partial charge in [0.05, 0.1) is 24.2 Å². The van der Waals surface area contributed by atoms with E-state index < -0.39 is 5.82 Å². The third-order valence-corrected chi connectivity index (χ3v) is 3.41. The Morgan fingerprint density at radius 3 is 3.05 bits per heavy atom. The zero-order valence-electron chi connectivity index (χ0n) is 11.9. The van der Waals surface area contributed by atoms with Crippen molar-refractivity contribution in [2.45, 2.75) is 25.9 Å². The molecule has 2 atom stereocenters. The first kappa shape index (κ1) is 15.5. The van der Waals surface area contributed by atoms with Crippen molar-refractivity contribution in [3.05, 3.63) is 29.6 Å². The molecule has 2 N–H and O–H groups in total. The van der Waals surface area contributed by atoms with Gasteiger partial charge in [0, 0.05) is 18.7 Å². The van der Waals surface area contributed by atoms with E-state index >= 15 is 0 Å². The summed E-state index contributed by atoms with van der Waals surface area (Å²) >= 11 is 0. The van der Waals surface area contributed by atoms with Crippen LogP contribution in [0.2, 0.25) is 0 Å². The summed E-state index contributed by atoms with van der Waals surface area (Å²) in [6, 6.07) is 4.27. The van der Waals surface area contributed by atoms with Gasteiger partial charge in [0.15, 0.2) is 0 Å². The largest absolute Gasteiger partial charge is 0.395 e. The third kappa shape index (κ3) is 4.03. The molecule has 5 heteroatoms.